The lowest BCUT2D eigenvalue weighted by atomic mass is 9.84. The largest absolute Gasteiger partial charge is 0.497 e. The van der Waals surface area contributed by atoms with Crippen LogP contribution in [0.5, 0.6) is 5.75 Å². The van der Waals surface area contributed by atoms with Gasteiger partial charge < -0.3 is 24.3 Å². The van der Waals surface area contributed by atoms with Gasteiger partial charge in [0.1, 0.15) is 5.75 Å². The number of hydrogen-bond acceptors (Lipinski definition) is 4. The number of ether oxygens (including phenoxy) is 1. The molecule has 3 rings (SSSR count). The van der Waals surface area contributed by atoms with Crippen LogP contribution in [0.2, 0.25) is 0 Å². The highest BCUT2D eigenvalue weighted by Crippen LogP contribution is 2.24. The van der Waals surface area contributed by atoms with Crippen LogP contribution in [0, 0.1) is 0 Å². The van der Waals surface area contributed by atoms with Crippen LogP contribution in [0.15, 0.2) is 52.1 Å². The van der Waals surface area contributed by atoms with Gasteiger partial charge in [-0.1, -0.05) is 26.0 Å². The SMILES string of the molecule is CN=C(NCC(C)(C)c1ccc(OC)cc1)N1CCN(C(=O)c2ccco2)CC1. The molecule has 0 unspecified atom stereocenters. The molecule has 0 bridgehead atoms. The van der Waals surface area contributed by atoms with Gasteiger partial charge in [0.2, 0.25) is 0 Å². The monoisotopic (exact) mass is 398 g/mol. The van der Waals surface area contributed by atoms with E-state index in [-0.39, 0.29) is 11.3 Å². The van der Waals surface area contributed by atoms with Crippen molar-refractivity contribution < 1.29 is 13.9 Å². The lowest BCUT2D eigenvalue weighted by Gasteiger charge is -2.37. The molecule has 1 amide bonds. The summed E-state index contributed by atoms with van der Waals surface area (Å²) >= 11 is 0. The Hall–Kier alpha value is -2.96. The summed E-state index contributed by atoms with van der Waals surface area (Å²) in [5.41, 5.74) is 1.16. The molecule has 1 aromatic carbocycles. The highest BCUT2D eigenvalue weighted by molar-refractivity contribution is 5.91. The van der Waals surface area contributed by atoms with E-state index in [1.807, 2.05) is 17.0 Å². The Balaban J connectivity index is 1.54. The van der Waals surface area contributed by atoms with E-state index >= 15 is 0 Å². The number of nitrogens with zero attached hydrogens (tertiary/aromatic N) is 3. The molecule has 0 saturated carbocycles. The van der Waals surface area contributed by atoms with Gasteiger partial charge in [-0.15, -0.1) is 0 Å². The average Bonchev–Trinajstić information content (AvgIpc) is 3.29. The van der Waals surface area contributed by atoms with Gasteiger partial charge in [0.15, 0.2) is 11.7 Å². The van der Waals surface area contributed by atoms with Gasteiger partial charge in [-0.05, 0) is 29.8 Å². The molecule has 29 heavy (non-hydrogen) atoms. The highest BCUT2D eigenvalue weighted by atomic mass is 16.5. The first-order valence-electron chi connectivity index (χ1n) is 9.87. The number of hydrogen-bond donors (Lipinski definition) is 1. The molecule has 1 saturated heterocycles. The maximum Gasteiger partial charge on any atom is 0.289 e. The summed E-state index contributed by atoms with van der Waals surface area (Å²) in [7, 11) is 3.47. The van der Waals surface area contributed by atoms with Crippen LogP contribution in [-0.2, 0) is 5.41 Å². The number of rotatable bonds is 5. The molecule has 0 aliphatic carbocycles. The van der Waals surface area contributed by atoms with E-state index < -0.39 is 0 Å². The van der Waals surface area contributed by atoms with E-state index in [0.29, 0.717) is 18.8 Å². The summed E-state index contributed by atoms with van der Waals surface area (Å²) < 4.78 is 10.5. The lowest BCUT2D eigenvalue weighted by molar-refractivity contribution is 0.0657. The minimum absolute atomic E-state index is 0.0572. The number of nitrogens with one attached hydrogen (secondary N) is 1. The zero-order valence-corrected chi connectivity index (χ0v) is 17.6. The van der Waals surface area contributed by atoms with Crippen LogP contribution >= 0.6 is 0 Å². The van der Waals surface area contributed by atoms with Crippen molar-refractivity contribution in [2.75, 3.05) is 46.9 Å². The molecule has 1 fully saturated rings. The zero-order chi connectivity index (χ0) is 20.9. The fourth-order valence-electron chi connectivity index (χ4n) is 3.45. The minimum Gasteiger partial charge on any atom is -0.497 e. The van der Waals surface area contributed by atoms with E-state index in [1.165, 1.54) is 11.8 Å². The maximum absolute atomic E-state index is 12.4. The second kappa shape index (κ2) is 9.03. The number of piperazine rings is 1. The molecular weight excluding hydrogens is 368 g/mol. The van der Waals surface area contributed by atoms with Crippen molar-refractivity contribution in [2.24, 2.45) is 4.99 Å². The number of furan rings is 1. The van der Waals surface area contributed by atoms with Crippen LogP contribution < -0.4 is 10.1 Å². The third-order valence-corrected chi connectivity index (χ3v) is 5.37. The fraction of sp³-hybridized carbons (Fsp3) is 0.455. The normalized spacial score (nSPS) is 15.4. The smallest absolute Gasteiger partial charge is 0.289 e. The van der Waals surface area contributed by atoms with E-state index in [9.17, 15) is 4.79 Å². The average molecular weight is 399 g/mol. The fourth-order valence-corrected chi connectivity index (χ4v) is 3.45. The molecule has 1 N–H and O–H groups in total. The van der Waals surface area contributed by atoms with E-state index in [2.05, 4.69) is 41.2 Å². The number of methoxy groups -OCH3 is 1. The molecule has 1 aliphatic heterocycles. The summed E-state index contributed by atoms with van der Waals surface area (Å²) in [6.45, 7) is 7.90. The highest BCUT2D eigenvalue weighted by Gasteiger charge is 2.27. The number of benzene rings is 1. The van der Waals surface area contributed by atoms with Crippen molar-refractivity contribution in [3.05, 3.63) is 54.0 Å². The molecule has 1 aromatic heterocycles. The van der Waals surface area contributed by atoms with Crippen molar-refractivity contribution in [3.63, 3.8) is 0 Å². The van der Waals surface area contributed by atoms with E-state index in [1.54, 1.807) is 26.3 Å². The summed E-state index contributed by atoms with van der Waals surface area (Å²) in [5.74, 6) is 2.05. The Labute approximate surface area is 172 Å². The Morgan fingerprint density at radius 2 is 1.79 bits per heavy atom. The van der Waals surface area contributed by atoms with Gasteiger partial charge in [-0.25, -0.2) is 0 Å². The Morgan fingerprint density at radius 1 is 1.14 bits per heavy atom. The number of carbonyl (C=O) groups is 1. The Bertz CT molecular complexity index is 820. The molecule has 0 spiro atoms. The second-order valence-corrected chi connectivity index (χ2v) is 7.77. The number of aliphatic imine (C=N–C) groups is 1. The van der Waals surface area contributed by atoms with Crippen LogP contribution in [0.3, 0.4) is 0 Å². The quantitative estimate of drug-likeness (QED) is 0.619. The van der Waals surface area contributed by atoms with Crippen molar-refractivity contribution in [1.29, 1.82) is 0 Å². The lowest BCUT2D eigenvalue weighted by Crippen LogP contribution is -2.54. The number of carbonyl (C=O) groups excluding carboxylic acids is 1. The molecular formula is C22H30N4O3. The minimum atomic E-state index is -0.0702. The van der Waals surface area contributed by atoms with Crippen molar-refractivity contribution in [3.8, 4) is 5.75 Å². The first-order chi connectivity index (χ1) is 13.9. The standard InChI is InChI=1S/C22H30N4O3/c1-22(2,17-7-9-18(28-4)10-8-17)16-24-21(23-3)26-13-11-25(12-14-26)20(27)19-6-5-15-29-19/h5-10,15H,11-14,16H2,1-4H3,(H,23,24). The van der Waals surface area contributed by atoms with Crippen LogP contribution in [-0.4, -0.2) is 68.5 Å². The topological polar surface area (TPSA) is 70.3 Å². The Morgan fingerprint density at radius 3 is 2.34 bits per heavy atom. The zero-order valence-electron chi connectivity index (χ0n) is 17.6. The molecule has 1 aliphatic rings. The number of amides is 1. The Kier molecular flexibility index (Phi) is 6.46. The predicted octanol–water partition coefficient (Wildman–Crippen LogP) is 2.60. The predicted molar refractivity (Wildman–Crippen MR) is 114 cm³/mol. The molecule has 0 radical (unpaired) electrons. The first kappa shape index (κ1) is 20.8. The van der Waals surface area contributed by atoms with Gasteiger partial charge in [0.05, 0.1) is 13.4 Å². The summed E-state index contributed by atoms with van der Waals surface area (Å²) in [5, 5.41) is 3.50. The van der Waals surface area contributed by atoms with E-state index in [4.69, 9.17) is 9.15 Å². The maximum atomic E-state index is 12.4. The van der Waals surface area contributed by atoms with Gasteiger partial charge in [-0.2, -0.15) is 0 Å². The van der Waals surface area contributed by atoms with E-state index in [0.717, 1.165) is 31.3 Å². The first-order valence-corrected chi connectivity index (χ1v) is 9.87. The molecule has 0 atom stereocenters. The van der Waals surface area contributed by atoms with Crippen molar-refractivity contribution in [2.45, 2.75) is 19.3 Å². The molecule has 156 valence electrons. The van der Waals surface area contributed by atoms with Gasteiger partial charge in [0.25, 0.3) is 5.91 Å². The van der Waals surface area contributed by atoms with Crippen molar-refractivity contribution >= 4 is 11.9 Å². The van der Waals surface area contributed by atoms with Gasteiger partial charge in [0, 0.05) is 45.2 Å². The summed E-state index contributed by atoms with van der Waals surface area (Å²) in [4.78, 5) is 20.9. The summed E-state index contributed by atoms with van der Waals surface area (Å²) in [6, 6.07) is 11.6. The molecule has 2 aromatic rings. The third-order valence-electron chi connectivity index (χ3n) is 5.37. The summed E-state index contributed by atoms with van der Waals surface area (Å²) in [6.07, 6.45) is 1.53. The third kappa shape index (κ3) is 4.91. The number of guanidine groups is 1. The van der Waals surface area contributed by atoms with Crippen molar-refractivity contribution in [1.82, 2.24) is 15.1 Å². The second-order valence-electron chi connectivity index (χ2n) is 7.77. The van der Waals surface area contributed by atoms with Gasteiger partial charge >= 0.3 is 0 Å². The van der Waals surface area contributed by atoms with Crippen LogP contribution in [0.1, 0.15) is 30.0 Å². The van der Waals surface area contributed by atoms with Crippen LogP contribution in [0.25, 0.3) is 0 Å². The van der Waals surface area contributed by atoms with Gasteiger partial charge in [-0.3, -0.25) is 9.79 Å². The van der Waals surface area contributed by atoms with Crippen LogP contribution in [0.4, 0.5) is 0 Å². The molecule has 2 heterocycles. The molecule has 7 heteroatoms. The molecule has 7 nitrogen and oxygen atoms in total.